The molecule has 1 unspecified atom stereocenters. The molecule has 14 heteroatoms. The van der Waals surface area contributed by atoms with Crippen LogP contribution in [0, 0.1) is 11.8 Å². The lowest BCUT2D eigenvalue weighted by molar-refractivity contribution is -0.159. The van der Waals surface area contributed by atoms with Crippen LogP contribution < -0.4 is 17.2 Å². The molecule has 0 bridgehead atoms. The van der Waals surface area contributed by atoms with E-state index >= 15 is 0 Å². The van der Waals surface area contributed by atoms with Crippen LogP contribution in [0.5, 0.6) is 5.75 Å². The number of primary amides is 2. The minimum Gasteiger partial charge on any atom is -0.508 e. The number of carbonyl (C=O) groups excluding carboxylic acids is 4. The molecule has 1 aromatic rings. The Hall–Kier alpha value is -4.24. The van der Waals surface area contributed by atoms with E-state index in [2.05, 4.69) is 17.0 Å². The maximum atomic E-state index is 13.7. The normalized spacial score (nSPS) is 29.9. The van der Waals surface area contributed by atoms with Crippen LogP contribution in [0.25, 0.3) is 5.76 Å². The quantitative estimate of drug-likeness (QED) is 0.128. The van der Waals surface area contributed by atoms with Crippen LogP contribution in [0.2, 0.25) is 0 Å². The first kappa shape index (κ1) is 30.3. The second kappa shape index (κ2) is 10.4. The minimum absolute atomic E-state index is 0.170. The first-order valence-electron chi connectivity index (χ1n) is 12.0. The summed E-state index contributed by atoms with van der Waals surface area (Å²) in [5.41, 5.74) is 9.06. The van der Waals surface area contributed by atoms with Gasteiger partial charge in [0.25, 0.3) is 5.91 Å². The molecule has 216 valence electrons. The number of phenolic OH excluding ortho intramolecular Hbond substituents is 1. The van der Waals surface area contributed by atoms with Gasteiger partial charge in [0.05, 0.1) is 17.2 Å². The molecule has 1 saturated carbocycles. The summed E-state index contributed by atoms with van der Waals surface area (Å²) in [5, 5.41) is 54.9. The van der Waals surface area contributed by atoms with Crippen LogP contribution in [-0.2, 0) is 24.7 Å². The van der Waals surface area contributed by atoms with Crippen molar-refractivity contribution in [3.63, 3.8) is 0 Å². The molecule has 0 radical (unpaired) electrons. The first-order valence-corrected chi connectivity index (χ1v) is 12.0. The van der Waals surface area contributed by atoms with Crippen molar-refractivity contribution in [2.75, 3.05) is 14.1 Å². The number of aliphatic hydroxyl groups is 4. The lowest BCUT2D eigenvalue weighted by Crippen LogP contribution is -2.67. The second-order valence-electron chi connectivity index (χ2n) is 10.1. The minimum atomic E-state index is -2.75. The van der Waals surface area contributed by atoms with E-state index in [0.717, 1.165) is 0 Å². The molecule has 0 saturated heterocycles. The molecular formula is C26H32N4O10. The van der Waals surface area contributed by atoms with E-state index in [1.165, 1.54) is 50.2 Å². The Morgan fingerprint density at radius 2 is 1.77 bits per heavy atom. The number of amides is 2. The predicted octanol–water partition coefficient (Wildman–Crippen LogP) is -0.818. The van der Waals surface area contributed by atoms with Crippen molar-refractivity contribution in [2.45, 2.75) is 36.8 Å². The molecule has 11 N–H and O–H groups in total. The number of hydrogen-bond donors (Lipinski definition) is 8. The summed E-state index contributed by atoms with van der Waals surface area (Å²) in [4.78, 5) is 49.8. The highest BCUT2D eigenvalue weighted by atomic mass is 16.6. The average Bonchev–Trinajstić information content (AvgIpc) is 2.84. The monoisotopic (exact) mass is 560 g/mol. The first-order chi connectivity index (χ1) is 18.4. The number of fused-ring (bicyclic) bond motifs is 3. The second-order valence-corrected chi connectivity index (χ2v) is 10.1. The Labute approximate surface area is 228 Å². The van der Waals surface area contributed by atoms with Gasteiger partial charge in [-0.15, -0.1) is 0 Å². The number of likely N-dealkylation sites (N-methyl/N-ethyl adjacent to an activating group) is 1. The number of nitrogens with zero attached hydrogens (tertiary/aromatic N) is 1. The number of Topliss-reactive ketones (excluding diaryl/α,β-unsaturated/α-hetero) is 2. The summed E-state index contributed by atoms with van der Waals surface area (Å²) in [6.45, 7) is 4.66. The van der Waals surface area contributed by atoms with Crippen LogP contribution in [0.3, 0.4) is 0 Å². The molecule has 0 aromatic heterocycles. The zero-order chi connectivity index (χ0) is 30.5. The van der Waals surface area contributed by atoms with Gasteiger partial charge in [-0.25, -0.2) is 4.79 Å². The van der Waals surface area contributed by atoms with E-state index in [1.807, 2.05) is 0 Å². The Morgan fingerprint density at radius 1 is 1.18 bits per heavy atom. The Kier molecular flexibility index (Phi) is 7.87. The number of ether oxygens (including phenoxy) is 1. The largest absolute Gasteiger partial charge is 0.508 e. The van der Waals surface area contributed by atoms with Gasteiger partial charge in [-0.2, -0.15) is 0 Å². The maximum absolute atomic E-state index is 13.7. The van der Waals surface area contributed by atoms with Gasteiger partial charge in [0.2, 0.25) is 5.78 Å². The highest BCUT2D eigenvalue weighted by Gasteiger charge is 2.66. The third kappa shape index (κ3) is 4.50. The fraction of sp³-hybridized carbons (Fsp3) is 0.385. The molecule has 4 rings (SSSR count). The highest BCUT2D eigenvalue weighted by Crippen LogP contribution is 2.57. The number of aromatic hydroxyl groups is 1. The number of hydrogen-bond acceptors (Lipinski definition) is 12. The van der Waals surface area contributed by atoms with Gasteiger partial charge in [0.15, 0.2) is 17.6 Å². The van der Waals surface area contributed by atoms with Crippen molar-refractivity contribution in [1.82, 2.24) is 4.90 Å². The van der Waals surface area contributed by atoms with Crippen molar-refractivity contribution in [3.8, 4) is 5.75 Å². The molecule has 1 aromatic carbocycles. The van der Waals surface area contributed by atoms with Crippen LogP contribution in [-0.4, -0.2) is 86.0 Å². The third-order valence-electron chi connectivity index (χ3n) is 7.50. The number of aliphatic hydroxyl groups excluding tert-OH is 2. The fourth-order valence-electron chi connectivity index (χ4n) is 5.68. The molecule has 14 nitrogen and oxygen atoms in total. The van der Waals surface area contributed by atoms with Gasteiger partial charge in [0, 0.05) is 17.4 Å². The molecule has 3 aliphatic carbocycles. The molecule has 3 aliphatic rings. The van der Waals surface area contributed by atoms with Gasteiger partial charge in [-0.3, -0.25) is 25.0 Å². The Balaban J connectivity index is 0.000000482. The maximum Gasteiger partial charge on any atom is 0.406 e. The molecule has 1 fully saturated rings. The summed E-state index contributed by atoms with van der Waals surface area (Å²) in [6.07, 6.45) is -0.607. The molecular weight excluding hydrogens is 528 g/mol. The number of phenols is 1. The van der Waals surface area contributed by atoms with E-state index < -0.39 is 87.3 Å². The molecule has 2 amide bonds. The van der Waals surface area contributed by atoms with Gasteiger partial charge in [-0.1, -0.05) is 18.7 Å². The van der Waals surface area contributed by atoms with Crippen molar-refractivity contribution in [1.29, 1.82) is 0 Å². The van der Waals surface area contributed by atoms with Crippen LogP contribution in [0.4, 0.5) is 4.79 Å². The molecule has 0 spiro atoms. The summed E-state index contributed by atoms with van der Waals surface area (Å²) in [6, 6.07) is 3.02. The number of nitrogens with two attached hydrogens (primary N) is 3. The zero-order valence-electron chi connectivity index (χ0n) is 22.0. The van der Waals surface area contributed by atoms with Gasteiger partial charge >= 0.3 is 6.09 Å². The standard InChI is InChI=1S/C22H24N2O8.C4H8N2O2/c1-21(31)8-5-4-6-11(25)12(8)16(26)13-9(21)7-10-15(24(2)3)17(27)14(20(23)30)19(29)22(10,32)18(13)28;1-2-3(5)8-4(6)7/h4-6,9-10,15,25-26,29,31-32H,7H2,1-3H3,(H2,23,30);2-3H,1,5H2,(H2,6,7)/t9-,10-,15-,21+,22-;/m0./s1. The average molecular weight is 561 g/mol. The number of carbonyl (C=O) groups is 4. The van der Waals surface area contributed by atoms with Crippen LogP contribution >= 0.6 is 0 Å². The van der Waals surface area contributed by atoms with Crippen molar-refractivity contribution in [2.24, 2.45) is 29.0 Å². The summed E-state index contributed by atoms with van der Waals surface area (Å²) in [5.74, 6) is -7.90. The molecule has 6 atom stereocenters. The number of ketones is 2. The van der Waals surface area contributed by atoms with E-state index in [9.17, 15) is 44.7 Å². The van der Waals surface area contributed by atoms with E-state index in [1.54, 1.807) is 0 Å². The lowest BCUT2D eigenvalue weighted by Gasteiger charge is -2.53. The van der Waals surface area contributed by atoms with Crippen molar-refractivity contribution in [3.05, 3.63) is 58.9 Å². The fourth-order valence-corrected chi connectivity index (χ4v) is 5.68. The van der Waals surface area contributed by atoms with Crippen molar-refractivity contribution < 1.29 is 49.4 Å². The lowest BCUT2D eigenvalue weighted by atomic mass is 9.54. The SMILES string of the molecule is C=CC(N)OC(N)=O.CN(C)[C@@H]1C(=O)C(C(N)=O)=C(O)[C@@]2(O)C(=O)C3=C(O)c4c(O)cccc4[C@@](C)(O)[C@H]3C[C@@H]12. The third-order valence-corrected chi connectivity index (χ3v) is 7.50. The summed E-state index contributed by atoms with van der Waals surface area (Å²) < 4.78 is 4.20. The topological polar surface area (TPSA) is 260 Å². The van der Waals surface area contributed by atoms with Crippen LogP contribution in [0.15, 0.2) is 47.8 Å². The smallest absolute Gasteiger partial charge is 0.406 e. The summed E-state index contributed by atoms with van der Waals surface area (Å²) >= 11 is 0. The summed E-state index contributed by atoms with van der Waals surface area (Å²) in [7, 11) is 3.01. The van der Waals surface area contributed by atoms with Crippen LogP contribution in [0.1, 0.15) is 24.5 Å². The molecule has 40 heavy (non-hydrogen) atoms. The van der Waals surface area contributed by atoms with E-state index in [-0.39, 0.29) is 17.5 Å². The number of rotatable bonds is 4. The number of benzene rings is 1. The Bertz CT molecular complexity index is 1360. The van der Waals surface area contributed by atoms with Crippen molar-refractivity contribution >= 4 is 29.3 Å². The van der Waals surface area contributed by atoms with Gasteiger partial charge in [-0.05, 0) is 45.1 Å². The van der Waals surface area contributed by atoms with Gasteiger partial charge in [0.1, 0.15) is 22.8 Å². The molecule has 0 heterocycles. The van der Waals surface area contributed by atoms with E-state index in [0.29, 0.717) is 0 Å². The zero-order valence-corrected chi connectivity index (χ0v) is 22.0. The highest BCUT2D eigenvalue weighted by molar-refractivity contribution is 6.24. The molecule has 0 aliphatic heterocycles. The Morgan fingerprint density at radius 3 is 2.25 bits per heavy atom. The predicted molar refractivity (Wildman–Crippen MR) is 139 cm³/mol. The van der Waals surface area contributed by atoms with E-state index in [4.69, 9.17) is 11.5 Å². The van der Waals surface area contributed by atoms with Gasteiger partial charge < -0.3 is 41.7 Å².